The highest BCUT2D eigenvalue weighted by molar-refractivity contribution is 5.90. The lowest BCUT2D eigenvalue weighted by molar-refractivity contribution is -0.192. The number of methoxy groups -OCH3 is 1. The van der Waals surface area contributed by atoms with Crippen LogP contribution in [0, 0.1) is 35.0 Å². The molecule has 16 heteroatoms. The van der Waals surface area contributed by atoms with Crippen LogP contribution in [0.25, 0.3) is 0 Å². The van der Waals surface area contributed by atoms with Crippen LogP contribution in [0.4, 0.5) is 22.0 Å². The molecule has 1 heterocycles. The van der Waals surface area contributed by atoms with Gasteiger partial charge in [-0.15, -0.1) is 0 Å². The van der Waals surface area contributed by atoms with Crippen LogP contribution in [-0.4, -0.2) is 78.7 Å². The monoisotopic (exact) mass is 678 g/mol. The van der Waals surface area contributed by atoms with Crippen LogP contribution in [0.2, 0.25) is 0 Å². The van der Waals surface area contributed by atoms with Gasteiger partial charge < -0.3 is 29.2 Å². The second-order valence-electron chi connectivity index (χ2n) is 11.0. The fourth-order valence-corrected chi connectivity index (χ4v) is 4.87. The summed E-state index contributed by atoms with van der Waals surface area (Å²) in [4.78, 5) is 64.3. The minimum Gasteiger partial charge on any atom is -0.455 e. The van der Waals surface area contributed by atoms with Gasteiger partial charge in [0.05, 0.1) is 6.54 Å². The molecule has 2 rings (SSSR count). The van der Waals surface area contributed by atoms with Gasteiger partial charge in [0.2, 0.25) is 11.7 Å². The summed E-state index contributed by atoms with van der Waals surface area (Å²) in [6.07, 6.45) is -2.16. The van der Waals surface area contributed by atoms with Gasteiger partial charge in [0, 0.05) is 40.0 Å². The third-order valence-corrected chi connectivity index (χ3v) is 7.38. The van der Waals surface area contributed by atoms with E-state index in [4.69, 9.17) is 18.9 Å². The number of benzene rings is 1. The molecular weight excluding hydrogens is 639 g/mol. The van der Waals surface area contributed by atoms with Crippen LogP contribution >= 0.6 is 0 Å². The molecule has 1 unspecified atom stereocenters. The summed E-state index contributed by atoms with van der Waals surface area (Å²) in [6.45, 7) is 5.77. The van der Waals surface area contributed by atoms with Gasteiger partial charge in [-0.2, -0.15) is 0 Å². The smallest absolute Gasteiger partial charge is 0.303 e. The van der Waals surface area contributed by atoms with E-state index in [-0.39, 0.29) is 25.3 Å². The maximum Gasteiger partial charge on any atom is 0.303 e. The summed E-state index contributed by atoms with van der Waals surface area (Å²) >= 11 is 0. The van der Waals surface area contributed by atoms with E-state index in [1.54, 1.807) is 6.08 Å². The van der Waals surface area contributed by atoms with Crippen molar-refractivity contribution in [1.82, 2.24) is 10.2 Å². The van der Waals surface area contributed by atoms with Crippen LogP contribution in [0.15, 0.2) is 12.2 Å². The van der Waals surface area contributed by atoms with E-state index in [1.807, 2.05) is 13.8 Å². The van der Waals surface area contributed by atoms with Gasteiger partial charge in [-0.1, -0.05) is 26.3 Å². The molecule has 1 fully saturated rings. The summed E-state index contributed by atoms with van der Waals surface area (Å²) in [5.74, 6) is -15.5. The van der Waals surface area contributed by atoms with Crippen LogP contribution < -0.4 is 5.32 Å². The van der Waals surface area contributed by atoms with Crippen molar-refractivity contribution < 1.29 is 64.9 Å². The number of hydrogen-bond acceptors (Lipinski definition) is 9. The molecule has 2 amide bonds. The summed E-state index contributed by atoms with van der Waals surface area (Å²) in [6, 6.07) is -1.37. The van der Waals surface area contributed by atoms with Crippen molar-refractivity contribution in [3.63, 3.8) is 0 Å². The standard InChI is InChI=1S/C31H39F5N2O9/c1-7-15(2)11-12-21(45-16(3)39)27(46-17(4)40)28(47-18(5)41)29(44-6)30(42)37-20-10-8-9-13-38(31(20)43)14-19-22(32)24(34)26(36)25(35)23(19)33/h11-12,15,20-21,27-29H,7-10,13-14H2,1-6H3,(H,37,42)/b12-11+/t15?,20-,21+,27-,28+,29+/m0/s1. The molecule has 11 nitrogen and oxygen atoms in total. The van der Waals surface area contributed by atoms with E-state index in [9.17, 15) is 45.9 Å². The molecule has 1 N–H and O–H groups in total. The summed E-state index contributed by atoms with van der Waals surface area (Å²) < 4.78 is 91.5. The van der Waals surface area contributed by atoms with Crippen LogP contribution in [0.5, 0.6) is 0 Å². The number of carbonyl (C=O) groups excluding carboxylic acids is 5. The predicted molar refractivity (Wildman–Crippen MR) is 153 cm³/mol. The molecule has 1 aromatic carbocycles. The lowest BCUT2D eigenvalue weighted by Gasteiger charge is -2.34. The Bertz CT molecular complexity index is 1330. The highest BCUT2D eigenvalue weighted by atomic mass is 19.2. The lowest BCUT2D eigenvalue weighted by atomic mass is 9.98. The maximum absolute atomic E-state index is 14.4. The number of hydrogen-bond donors (Lipinski definition) is 1. The van der Waals surface area contributed by atoms with Gasteiger partial charge in [0.25, 0.3) is 5.91 Å². The molecule has 1 aliphatic rings. The Labute approximate surface area is 268 Å². The number of carbonyl (C=O) groups is 5. The van der Waals surface area contributed by atoms with Crippen molar-refractivity contribution in [2.75, 3.05) is 13.7 Å². The van der Waals surface area contributed by atoms with Crippen LogP contribution in [-0.2, 0) is 49.5 Å². The van der Waals surface area contributed by atoms with E-state index in [1.165, 1.54) is 6.08 Å². The zero-order valence-corrected chi connectivity index (χ0v) is 26.9. The average molecular weight is 679 g/mol. The van der Waals surface area contributed by atoms with E-state index >= 15 is 0 Å². The molecule has 6 atom stereocenters. The highest BCUT2D eigenvalue weighted by Gasteiger charge is 2.45. The number of likely N-dealkylation sites (tertiary alicyclic amines) is 1. The predicted octanol–water partition coefficient (Wildman–Crippen LogP) is 3.79. The van der Waals surface area contributed by atoms with Gasteiger partial charge in [0.15, 0.2) is 47.7 Å². The molecule has 262 valence electrons. The molecule has 0 radical (unpaired) electrons. The second kappa shape index (κ2) is 17.7. The Morgan fingerprint density at radius 3 is 1.89 bits per heavy atom. The van der Waals surface area contributed by atoms with Crippen molar-refractivity contribution >= 4 is 29.7 Å². The molecule has 0 aromatic heterocycles. The summed E-state index contributed by atoms with van der Waals surface area (Å²) in [7, 11) is 1.06. The maximum atomic E-state index is 14.4. The number of halogens is 5. The Hall–Kier alpha value is -4.08. The Morgan fingerprint density at radius 2 is 1.38 bits per heavy atom. The van der Waals surface area contributed by atoms with Crippen LogP contribution in [0.3, 0.4) is 0 Å². The zero-order chi connectivity index (χ0) is 35.6. The van der Waals surface area contributed by atoms with Gasteiger partial charge in [-0.25, -0.2) is 22.0 Å². The number of nitrogens with one attached hydrogen (secondary N) is 1. The Kier molecular flexibility index (Phi) is 14.8. The first kappa shape index (κ1) is 39.1. The Morgan fingerprint density at radius 1 is 0.851 bits per heavy atom. The van der Waals surface area contributed by atoms with Gasteiger partial charge in [0.1, 0.15) is 6.04 Å². The molecule has 0 aliphatic carbocycles. The molecule has 0 saturated carbocycles. The number of ether oxygens (including phenoxy) is 4. The van der Waals surface area contributed by atoms with Crippen molar-refractivity contribution in [2.24, 2.45) is 5.92 Å². The molecule has 0 bridgehead atoms. The minimum atomic E-state index is -2.35. The second-order valence-corrected chi connectivity index (χ2v) is 11.0. The fourth-order valence-electron chi connectivity index (χ4n) is 4.87. The minimum absolute atomic E-state index is 0.00787. The van der Waals surface area contributed by atoms with Gasteiger partial charge in [-0.05, 0) is 31.3 Å². The number of rotatable bonds is 14. The molecule has 0 spiro atoms. The SMILES string of the molecule is CCC(C)/C=C/[C@@H](OC(C)=O)[C@H](OC(C)=O)[C@@H](OC(C)=O)[C@@H](OC)C(=O)N[C@H]1CCCCN(Cc2c(F)c(F)c(F)c(F)c2F)C1=O. The number of amides is 2. The quantitative estimate of drug-likeness (QED) is 0.0778. The average Bonchev–Trinajstić information content (AvgIpc) is 3.17. The third kappa shape index (κ3) is 10.5. The molecule has 47 heavy (non-hydrogen) atoms. The molecule has 1 aromatic rings. The fraction of sp³-hybridized carbons (Fsp3) is 0.581. The van der Waals surface area contributed by atoms with Gasteiger partial charge >= 0.3 is 17.9 Å². The molecule has 1 aliphatic heterocycles. The first-order chi connectivity index (χ1) is 22.0. The van der Waals surface area contributed by atoms with Crippen molar-refractivity contribution in [2.45, 2.75) is 97.3 Å². The van der Waals surface area contributed by atoms with E-state index < -0.39 is 101 Å². The van der Waals surface area contributed by atoms with E-state index in [0.29, 0.717) is 12.8 Å². The van der Waals surface area contributed by atoms with E-state index in [2.05, 4.69) is 5.32 Å². The normalized spacial score (nSPS) is 18.5. The van der Waals surface area contributed by atoms with Crippen LogP contribution in [0.1, 0.15) is 65.9 Å². The van der Waals surface area contributed by atoms with E-state index in [0.717, 1.165) is 32.8 Å². The molecular formula is C31H39F5N2O9. The largest absolute Gasteiger partial charge is 0.455 e. The van der Waals surface area contributed by atoms with Gasteiger partial charge in [-0.3, -0.25) is 24.0 Å². The summed E-state index contributed by atoms with van der Waals surface area (Å²) in [5.41, 5.74) is -1.22. The first-order valence-corrected chi connectivity index (χ1v) is 14.9. The highest BCUT2D eigenvalue weighted by Crippen LogP contribution is 2.26. The Balaban J connectivity index is 2.46. The first-order valence-electron chi connectivity index (χ1n) is 14.9. The lowest BCUT2D eigenvalue weighted by Crippen LogP contribution is -2.58. The van der Waals surface area contributed by atoms with Crippen molar-refractivity contribution in [3.8, 4) is 0 Å². The van der Waals surface area contributed by atoms with Crippen molar-refractivity contribution in [3.05, 3.63) is 46.8 Å². The number of allylic oxidation sites excluding steroid dienone is 1. The summed E-state index contributed by atoms with van der Waals surface area (Å²) in [5, 5.41) is 2.43. The topological polar surface area (TPSA) is 138 Å². The number of esters is 3. The molecule has 1 saturated heterocycles. The number of nitrogens with zero attached hydrogens (tertiary/aromatic N) is 1. The third-order valence-electron chi connectivity index (χ3n) is 7.38. The zero-order valence-electron chi connectivity index (χ0n) is 26.9. The van der Waals surface area contributed by atoms with Crippen molar-refractivity contribution in [1.29, 1.82) is 0 Å².